The summed E-state index contributed by atoms with van der Waals surface area (Å²) in [5.74, 6) is 0.630. The molecule has 2 aromatic rings. The summed E-state index contributed by atoms with van der Waals surface area (Å²) >= 11 is 4.59. The minimum absolute atomic E-state index is 0.0198. The minimum atomic E-state index is -3.06. The summed E-state index contributed by atoms with van der Waals surface area (Å²) < 4.78 is 29.5. The SMILES string of the molecule is O=C(c1cccs1)N(Cc1ccc(Br)o1)[C@H]1CCS(=O)(=O)C1. The van der Waals surface area contributed by atoms with Gasteiger partial charge in [0.2, 0.25) is 0 Å². The Bertz CT molecular complexity index is 767. The molecule has 0 saturated carbocycles. The van der Waals surface area contributed by atoms with Crippen LogP contribution in [-0.4, -0.2) is 36.8 Å². The van der Waals surface area contributed by atoms with Crippen LogP contribution in [0.15, 0.2) is 38.7 Å². The van der Waals surface area contributed by atoms with E-state index in [0.29, 0.717) is 21.7 Å². The van der Waals surface area contributed by atoms with E-state index in [2.05, 4.69) is 15.9 Å². The number of halogens is 1. The predicted molar refractivity (Wildman–Crippen MR) is 87.7 cm³/mol. The first-order valence-corrected chi connectivity index (χ1v) is 10.2. The van der Waals surface area contributed by atoms with E-state index in [1.807, 2.05) is 11.4 Å². The molecule has 0 bridgehead atoms. The standard InChI is InChI=1S/C14H14BrNO4S2/c15-13-4-3-11(20-13)8-16(10-5-7-22(18,19)9-10)14(17)12-2-1-6-21-12/h1-4,6,10H,5,7-9H2/t10-/m0/s1. The predicted octanol–water partition coefficient (Wildman–Crippen LogP) is 2.93. The number of hydrogen-bond donors (Lipinski definition) is 0. The zero-order valence-electron chi connectivity index (χ0n) is 11.6. The minimum Gasteiger partial charge on any atom is -0.452 e. The van der Waals surface area contributed by atoms with Gasteiger partial charge in [0, 0.05) is 6.04 Å². The Balaban J connectivity index is 1.86. The summed E-state index contributed by atoms with van der Waals surface area (Å²) in [4.78, 5) is 14.9. The lowest BCUT2D eigenvalue weighted by Crippen LogP contribution is -2.40. The zero-order valence-corrected chi connectivity index (χ0v) is 14.8. The third kappa shape index (κ3) is 3.44. The van der Waals surface area contributed by atoms with Crippen molar-refractivity contribution < 1.29 is 17.6 Å². The molecule has 1 aliphatic rings. The van der Waals surface area contributed by atoms with Crippen LogP contribution in [0.3, 0.4) is 0 Å². The number of hydrogen-bond acceptors (Lipinski definition) is 5. The summed E-state index contributed by atoms with van der Waals surface area (Å²) in [5.41, 5.74) is 0. The summed E-state index contributed by atoms with van der Waals surface area (Å²) in [6.45, 7) is 0.266. The molecule has 2 aromatic heterocycles. The molecule has 1 fully saturated rings. The lowest BCUT2D eigenvalue weighted by atomic mass is 10.2. The van der Waals surface area contributed by atoms with Crippen molar-refractivity contribution in [2.45, 2.75) is 19.0 Å². The Kier molecular flexibility index (Phi) is 4.42. The fraction of sp³-hybridized carbons (Fsp3) is 0.357. The number of sulfone groups is 1. The van der Waals surface area contributed by atoms with Crippen molar-refractivity contribution in [1.82, 2.24) is 4.90 Å². The van der Waals surface area contributed by atoms with Gasteiger partial charge in [-0.05, 0) is 45.9 Å². The first-order valence-electron chi connectivity index (χ1n) is 6.74. The van der Waals surface area contributed by atoms with Crippen LogP contribution in [0.5, 0.6) is 0 Å². The average molecular weight is 404 g/mol. The molecule has 22 heavy (non-hydrogen) atoms. The highest BCUT2D eigenvalue weighted by atomic mass is 79.9. The highest BCUT2D eigenvalue weighted by Crippen LogP contribution is 2.25. The second kappa shape index (κ2) is 6.17. The van der Waals surface area contributed by atoms with Crippen molar-refractivity contribution in [3.63, 3.8) is 0 Å². The van der Waals surface area contributed by atoms with Crippen molar-refractivity contribution in [2.24, 2.45) is 0 Å². The van der Waals surface area contributed by atoms with Crippen LogP contribution in [0, 0.1) is 0 Å². The van der Waals surface area contributed by atoms with E-state index in [0.717, 1.165) is 0 Å². The van der Waals surface area contributed by atoms with Crippen molar-refractivity contribution in [3.8, 4) is 0 Å². The van der Waals surface area contributed by atoms with Gasteiger partial charge in [0.05, 0.1) is 22.9 Å². The van der Waals surface area contributed by atoms with E-state index < -0.39 is 9.84 Å². The maximum Gasteiger partial charge on any atom is 0.264 e. The summed E-state index contributed by atoms with van der Waals surface area (Å²) in [7, 11) is -3.06. The number of amides is 1. The first kappa shape index (κ1) is 15.8. The molecule has 1 aliphatic heterocycles. The van der Waals surface area contributed by atoms with Gasteiger partial charge in [0.25, 0.3) is 5.91 Å². The van der Waals surface area contributed by atoms with Gasteiger partial charge < -0.3 is 9.32 Å². The van der Waals surface area contributed by atoms with Crippen LogP contribution in [0.2, 0.25) is 0 Å². The summed E-state index contributed by atoms with van der Waals surface area (Å²) in [5, 5.41) is 1.83. The molecule has 0 N–H and O–H groups in total. The molecular formula is C14H14BrNO4S2. The van der Waals surface area contributed by atoms with Gasteiger partial charge in [0.1, 0.15) is 5.76 Å². The topological polar surface area (TPSA) is 67.6 Å². The summed E-state index contributed by atoms with van der Waals surface area (Å²) in [6.07, 6.45) is 0.474. The fourth-order valence-corrected chi connectivity index (χ4v) is 5.28. The van der Waals surface area contributed by atoms with Gasteiger partial charge in [-0.2, -0.15) is 0 Å². The van der Waals surface area contributed by atoms with E-state index in [4.69, 9.17) is 4.42 Å². The average Bonchev–Trinajstić information content (AvgIpc) is 3.17. The third-order valence-corrected chi connectivity index (χ3v) is 6.63. The molecule has 1 amide bonds. The molecule has 0 unspecified atom stereocenters. The van der Waals surface area contributed by atoms with Gasteiger partial charge in [-0.15, -0.1) is 11.3 Å². The molecule has 1 saturated heterocycles. The van der Waals surface area contributed by atoms with E-state index in [1.165, 1.54) is 11.3 Å². The Labute approximate surface area is 141 Å². The van der Waals surface area contributed by atoms with Crippen LogP contribution in [0.1, 0.15) is 21.9 Å². The first-order chi connectivity index (χ1) is 10.4. The molecule has 5 nitrogen and oxygen atoms in total. The highest BCUT2D eigenvalue weighted by molar-refractivity contribution is 9.10. The fourth-order valence-electron chi connectivity index (χ4n) is 2.53. The number of carbonyl (C=O) groups is 1. The number of nitrogens with zero attached hydrogens (tertiary/aromatic N) is 1. The van der Waals surface area contributed by atoms with Crippen LogP contribution >= 0.6 is 27.3 Å². The van der Waals surface area contributed by atoms with Crippen LogP contribution < -0.4 is 0 Å². The third-order valence-electron chi connectivity index (χ3n) is 3.60. The Hall–Kier alpha value is -1.12. The van der Waals surface area contributed by atoms with Gasteiger partial charge in [0.15, 0.2) is 14.5 Å². The maximum absolute atomic E-state index is 12.7. The van der Waals surface area contributed by atoms with Crippen molar-refractivity contribution in [2.75, 3.05) is 11.5 Å². The molecule has 0 radical (unpaired) electrons. The lowest BCUT2D eigenvalue weighted by molar-refractivity contribution is 0.0670. The molecule has 118 valence electrons. The number of thiophene rings is 1. The quantitative estimate of drug-likeness (QED) is 0.786. The smallest absolute Gasteiger partial charge is 0.264 e. The number of rotatable bonds is 4. The normalized spacial score (nSPS) is 20.1. The highest BCUT2D eigenvalue weighted by Gasteiger charge is 2.35. The number of carbonyl (C=O) groups excluding carboxylic acids is 1. The molecule has 1 atom stereocenters. The monoisotopic (exact) mass is 403 g/mol. The van der Waals surface area contributed by atoms with E-state index in [1.54, 1.807) is 23.1 Å². The van der Waals surface area contributed by atoms with E-state index >= 15 is 0 Å². The van der Waals surface area contributed by atoms with Crippen LogP contribution in [-0.2, 0) is 16.4 Å². The van der Waals surface area contributed by atoms with E-state index in [9.17, 15) is 13.2 Å². The lowest BCUT2D eigenvalue weighted by Gasteiger charge is -2.27. The van der Waals surface area contributed by atoms with Gasteiger partial charge in [-0.1, -0.05) is 6.07 Å². The molecule has 0 aromatic carbocycles. The van der Waals surface area contributed by atoms with Crippen molar-refractivity contribution in [1.29, 1.82) is 0 Å². The maximum atomic E-state index is 12.7. The Morgan fingerprint density at radius 2 is 2.23 bits per heavy atom. The summed E-state index contributed by atoms with van der Waals surface area (Å²) in [6, 6.07) is 6.80. The number of furan rings is 1. The van der Waals surface area contributed by atoms with Crippen LogP contribution in [0.25, 0.3) is 0 Å². The molecule has 3 heterocycles. The largest absolute Gasteiger partial charge is 0.452 e. The van der Waals surface area contributed by atoms with Crippen LogP contribution in [0.4, 0.5) is 0 Å². The van der Waals surface area contributed by atoms with Crippen molar-refractivity contribution >= 4 is 43.0 Å². The van der Waals surface area contributed by atoms with Gasteiger partial charge in [-0.25, -0.2) is 8.42 Å². The molecule has 0 aliphatic carbocycles. The second-order valence-electron chi connectivity index (χ2n) is 5.17. The van der Waals surface area contributed by atoms with Gasteiger partial charge >= 0.3 is 0 Å². The molecule has 3 rings (SSSR count). The molecule has 0 spiro atoms. The zero-order chi connectivity index (χ0) is 15.7. The van der Waals surface area contributed by atoms with Crippen molar-refractivity contribution in [3.05, 3.63) is 45.0 Å². The molecular weight excluding hydrogens is 390 g/mol. The van der Waals surface area contributed by atoms with E-state index in [-0.39, 0.29) is 30.0 Å². The second-order valence-corrected chi connectivity index (χ2v) is 9.13. The van der Waals surface area contributed by atoms with Gasteiger partial charge in [-0.3, -0.25) is 4.79 Å². The Morgan fingerprint density at radius 3 is 2.77 bits per heavy atom. The Morgan fingerprint density at radius 1 is 1.41 bits per heavy atom. The molecule has 8 heteroatoms.